The maximum absolute atomic E-state index is 14.1. The zero-order chi connectivity index (χ0) is 40.1. The number of nitrogens with two attached hydrogens (primary N) is 2. The van der Waals surface area contributed by atoms with Gasteiger partial charge in [-0.1, -0.05) is 36.4 Å². The summed E-state index contributed by atoms with van der Waals surface area (Å²) in [6.07, 6.45) is 0. The first-order valence-corrected chi connectivity index (χ1v) is 24.7. The van der Waals surface area contributed by atoms with E-state index in [1.807, 2.05) is 36.4 Å². The number of amides is 4. The predicted octanol–water partition coefficient (Wildman–Crippen LogP) is 12.3. The molecule has 2 heterocycles. The monoisotopic (exact) mass is 1630 g/mol. The van der Waals surface area contributed by atoms with E-state index in [-0.39, 0.29) is 23.6 Å². The molecule has 0 radical (unpaired) electrons. The van der Waals surface area contributed by atoms with Crippen LogP contribution in [0.3, 0.4) is 0 Å². The number of nitrogen functional groups attached to an aromatic ring is 2. The third kappa shape index (κ3) is 6.83. The molecule has 6 aromatic rings. The standard InChI is InChI=1S/C40H18I8N4O4/c41-27-25(28(42)32(46)35(31(27)45)51-37(53)21-11-5-17(13-23(21)39(51)55)15-1-7-19(49)8-2-15)26-29(43)33(47)36(34(48)30(26)44)52-38(54)22-12-6-18(14-24(22)40(52)56)16-3-9-20(50)10-4-16/h1-14H,49-50H2. The van der Waals surface area contributed by atoms with Crippen LogP contribution in [0.15, 0.2) is 84.9 Å². The molecular weight excluding hydrogens is 1620 g/mol. The lowest BCUT2D eigenvalue weighted by molar-refractivity contribution is 0.0910. The molecule has 0 spiro atoms. The van der Waals surface area contributed by atoms with Gasteiger partial charge in [-0.2, -0.15) is 0 Å². The van der Waals surface area contributed by atoms with Crippen molar-refractivity contribution in [3.8, 4) is 33.4 Å². The second kappa shape index (κ2) is 16.1. The highest BCUT2D eigenvalue weighted by Gasteiger charge is 2.43. The molecule has 0 saturated carbocycles. The average Bonchev–Trinajstić information content (AvgIpc) is 3.58. The van der Waals surface area contributed by atoms with Crippen molar-refractivity contribution in [3.63, 3.8) is 0 Å². The van der Waals surface area contributed by atoms with Crippen molar-refractivity contribution >= 4 is 227 Å². The molecule has 0 bridgehead atoms. The molecule has 0 aliphatic carbocycles. The van der Waals surface area contributed by atoms with E-state index < -0.39 is 0 Å². The Kier molecular flexibility index (Phi) is 12.0. The maximum atomic E-state index is 14.1. The summed E-state index contributed by atoms with van der Waals surface area (Å²) in [6, 6.07) is 25.5. The lowest BCUT2D eigenvalue weighted by Crippen LogP contribution is -2.32. The zero-order valence-corrected chi connectivity index (χ0v) is 45.0. The number of rotatable bonds is 5. The van der Waals surface area contributed by atoms with Crippen LogP contribution in [0.1, 0.15) is 41.4 Å². The highest BCUT2D eigenvalue weighted by atomic mass is 127. The van der Waals surface area contributed by atoms with Gasteiger partial charge in [0.1, 0.15) is 0 Å². The number of hydrogen-bond acceptors (Lipinski definition) is 6. The summed E-state index contributed by atoms with van der Waals surface area (Å²) in [4.78, 5) is 58.8. The summed E-state index contributed by atoms with van der Waals surface area (Å²) in [5, 5.41) is 0. The molecule has 4 amide bonds. The van der Waals surface area contributed by atoms with Gasteiger partial charge in [-0.25, -0.2) is 9.80 Å². The van der Waals surface area contributed by atoms with E-state index in [9.17, 15) is 19.2 Å². The average molecular weight is 1630 g/mol. The van der Waals surface area contributed by atoms with Crippen LogP contribution in [0.5, 0.6) is 0 Å². The Labute approximate surface area is 429 Å². The number of carbonyl (C=O) groups excluding carboxylic acids is 4. The molecule has 56 heavy (non-hydrogen) atoms. The first-order valence-electron chi connectivity index (χ1n) is 16.1. The molecule has 0 fully saturated rings. The van der Waals surface area contributed by atoms with Crippen molar-refractivity contribution in [2.45, 2.75) is 0 Å². The largest absolute Gasteiger partial charge is 0.399 e. The fourth-order valence-electron chi connectivity index (χ4n) is 6.67. The highest BCUT2D eigenvalue weighted by Crippen LogP contribution is 2.50. The molecule has 8 nitrogen and oxygen atoms in total. The van der Waals surface area contributed by atoms with Gasteiger partial charge in [-0.3, -0.25) is 19.2 Å². The minimum Gasteiger partial charge on any atom is -0.399 e. The van der Waals surface area contributed by atoms with Gasteiger partial charge in [0.15, 0.2) is 0 Å². The van der Waals surface area contributed by atoms with Crippen molar-refractivity contribution in [2.24, 2.45) is 0 Å². The number of carbonyl (C=O) groups is 4. The smallest absolute Gasteiger partial charge is 0.266 e. The summed E-state index contributed by atoms with van der Waals surface area (Å²) >= 11 is 18.1. The summed E-state index contributed by atoms with van der Waals surface area (Å²) in [5.41, 5.74) is 20.9. The lowest BCUT2D eigenvalue weighted by atomic mass is 10.00. The second-order valence-corrected chi connectivity index (χ2v) is 21.2. The predicted molar refractivity (Wildman–Crippen MR) is 288 cm³/mol. The quantitative estimate of drug-likeness (QED) is 0.0766. The SMILES string of the molecule is Nc1ccc(-c2ccc3c(c2)C(=O)N(c2c(I)c(I)c(-c4c(I)c(I)c(N5C(=O)c6ccc(-c7ccc(N)cc7)cc6C5=O)c(I)c4I)c(I)c2I)C3=O)cc1. The first-order chi connectivity index (χ1) is 26.6. The summed E-state index contributed by atoms with van der Waals surface area (Å²) < 4.78 is 6.51. The van der Waals surface area contributed by atoms with Gasteiger partial charge in [0.2, 0.25) is 0 Å². The Morgan fingerprint density at radius 2 is 0.607 bits per heavy atom. The van der Waals surface area contributed by atoms with Crippen molar-refractivity contribution in [1.29, 1.82) is 0 Å². The highest BCUT2D eigenvalue weighted by molar-refractivity contribution is 14.1. The van der Waals surface area contributed by atoms with E-state index in [0.29, 0.717) is 45.0 Å². The van der Waals surface area contributed by atoms with Crippen molar-refractivity contribution in [2.75, 3.05) is 21.3 Å². The Morgan fingerprint density at radius 1 is 0.339 bits per heavy atom. The summed E-state index contributed by atoms with van der Waals surface area (Å²) in [6.45, 7) is 0. The second-order valence-electron chi connectivity index (χ2n) is 12.6. The Balaban J connectivity index is 1.19. The molecule has 0 aromatic heterocycles. The fraction of sp³-hybridized carbons (Fsp3) is 0. The first kappa shape index (κ1) is 41.8. The van der Waals surface area contributed by atoms with Gasteiger partial charge in [-0.15, -0.1) is 0 Å². The van der Waals surface area contributed by atoms with Crippen molar-refractivity contribution in [3.05, 3.63) is 136 Å². The van der Waals surface area contributed by atoms with Crippen LogP contribution < -0.4 is 21.3 Å². The third-order valence-corrected chi connectivity index (χ3v) is 22.1. The van der Waals surface area contributed by atoms with Gasteiger partial charge in [0.05, 0.1) is 47.9 Å². The summed E-state index contributed by atoms with van der Waals surface area (Å²) in [5.74, 6) is -1.50. The normalized spacial score (nSPS) is 13.6. The molecule has 278 valence electrons. The van der Waals surface area contributed by atoms with Gasteiger partial charge >= 0.3 is 0 Å². The third-order valence-electron chi connectivity index (χ3n) is 9.44. The molecule has 16 heteroatoms. The molecule has 8 rings (SSSR count). The maximum Gasteiger partial charge on any atom is 0.266 e. The molecular formula is C40H18I8N4O4. The van der Waals surface area contributed by atoms with Gasteiger partial charge < -0.3 is 11.5 Å². The van der Waals surface area contributed by atoms with Gasteiger partial charge in [0.25, 0.3) is 23.6 Å². The number of imide groups is 2. The number of halogens is 8. The molecule has 2 aliphatic heterocycles. The van der Waals surface area contributed by atoms with Gasteiger partial charge in [-0.05, 0) is 252 Å². The van der Waals surface area contributed by atoms with Gasteiger partial charge in [0, 0.05) is 36.8 Å². The number of anilines is 4. The van der Waals surface area contributed by atoms with Crippen molar-refractivity contribution in [1.82, 2.24) is 0 Å². The topological polar surface area (TPSA) is 127 Å². The fourth-order valence-corrected chi connectivity index (χ4v) is 15.0. The van der Waals surface area contributed by atoms with Crippen LogP contribution >= 0.6 is 181 Å². The minimum atomic E-state index is -0.378. The van der Waals surface area contributed by atoms with Crippen LogP contribution in [0.2, 0.25) is 0 Å². The van der Waals surface area contributed by atoms with E-state index in [2.05, 4.69) is 181 Å². The van der Waals surface area contributed by atoms with E-state index >= 15 is 0 Å². The van der Waals surface area contributed by atoms with Crippen LogP contribution in [0.25, 0.3) is 33.4 Å². The molecule has 0 saturated heterocycles. The molecule has 0 atom stereocenters. The van der Waals surface area contributed by atoms with Crippen LogP contribution in [0.4, 0.5) is 22.7 Å². The van der Waals surface area contributed by atoms with Crippen molar-refractivity contribution < 1.29 is 19.2 Å². The molecule has 0 unspecified atom stereocenters. The molecule has 2 aliphatic rings. The van der Waals surface area contributed by atoms with E-state index in [0.717, 1.165) is 61.9 Å². The van der Waals surface area contributed by atoms with Crippen LogP contribution in [-0.4, -0.2) is 23.6 Å². The van der Waals surface area contributed by atoms with E-state index in [1.54, 1.807) is 48.5 Å². The lowest BCUT2D eigenvalue weighted by Gasteiger charge is -2.26. The van der Waals surface area contributed by atoms with Crippen LogP contribution in [0, 0.1) is 28.6 Å². The number of nitrogens with zero attached hydrogens (tertiary/aromatic N) is 2. The van der Waals surface area contributed by atoms with Crippen LogP contribution in [-0.2, 0) is 0 Å². The van der Waals surface area contributed by atoms with E-state index in [4.69, 9.17) is 11.5 Å². The van der Waals surface area contributed by atoms with E-state index in [1.165, 1.54) is 9.80 Å². The summed E-state index contributed by atoms with van der Waals surface area (Å²) in [7, 11) is 0. The minimum absolute atomic E-state index is 0.350. The zero-order valence-electron chi connectivity index (χ0n) is 27.8. The number of fused-ring (bicyclic) bond motifs is 2. The Morgan fingerprint density at radius 3 is 0.911 bits per heavy atom. The Bertz CT molecular complexity index is 2540. The molecule has 4 N–H and O–H groups in total. The number of benzene rings is 6. The Hall–Kier alpha value is -0.960. The number of hydrogen-bond donors (Lipinski definition) is 2. The molecule has 6 aromatic carbocycles.